The van der Waals surface area contributed by atoms with Crippen LogP contribution in [0, 0.1) is 5.82 Å². The minimum absolute atomic E-state index is 0.155. The van der Waals surface area contributed by atoms with Crippen molar-refractivity contribution in [2.24, 2.45) is 0 Å². The molecule has 2 amide bonds. The summed E-state index contributed by atoms with van der Waals surface area (Å²) in [5.41, 5.74) is 2.85. The molecule has 0 saturated carbocycles. The van der Waals surface area contributed by atoms with E-state index in [0.717, 1.165) is 17.8 Å². The Morgan fingerprint density at radius 1 is 1.19 bits per heavy atom. The molecule has 1 saturated heterocycles. The molecule has 168 valence electrons. The lowest BCUT2D eigenvalue weighted by Gasteiger charge is -2.24. The number of halogens is 1. The zero-order valence-electron chi connectivity index (χ0n) is 18.4. The van der Waals surface area contributed by atoms with E-state index in [0.29, 0.717) is 29.9 Å². The molecule has 0 aromatic heterocycles. The van der Waals surface area contributed by atoms with Crippen molar-refractivity contribution in [1.82, 2.24) is 4.90 Å². The number of fused-ring (bicyclic) bond motifs is 1. The zero-order chi connectivity index (χ0) is 22.9. The molecule has 2 aliphatic heterocycles. The fraction of sp³-hybridized carbons (Fsp3) is 0.333. The second-order valence-corrected chi connectivity index (χ2v) is 8.98. The van der Waals surface area contributed by atoms with Gasteiger partial charge in [-0.15, -0.1) is 0 Å². The van der Waals surface area contributed by atoms with E-state index >= 15 is 0 Å². The number of rotatable bonds is 4. The normalized spacial score (nSPS) is 19.0. The highest BCUT2D eigenvalue weighted by Crippen LogP contribution is 2.32. The third-order valence-electron chi connectivity index (χ3n) is 5.24. The van der Waals surface area contributed by atoms with Crippen LogP contribution in [0.2, 0.25) is 0 Å². The molecule has 0 radical (unpaired) electrons. The summed E-state index contributed by atoms with van der Waals surface area (Å²) in [5, 5.41) is 9.23. The molecule has 2 aromatic carbocycles. The molecule has 0 aliphatic carbocycles. The van der Waals surface area contributed by atoms with Crippen molar-refractivity contribution in [3.63, 3.8) is 0 Å². The van der Waals surface area contributed by atoms with Crippen LogP contribution in [0.25, 0.3) is 5.57 Å². The Kier molecular flexibility index (Phi) is 5.78. The summed E-state index contributed by atoms with van der Waals surface area (Å²) in [5.74, 6) is -0.662. The monoisotopic (exact) mass is 438 g/mol. The zero-order valence-corrected chi connectivity index (χ0v) is 18.4. The number of amides is 2. The standard InChI is InChI=1S/C24H27FN4O3/c1-24(2,3)32-23(31)29-11-10-18(14-29)27-17-7-5-16(6-8-17)26-13-20-19-9-4-15(25)12-21(19)28-22(20)30/h4-9,12-13,18,26-27H,10-11,14H2,1-3H3,(H,28,30)/b20-13-. The van der Waals surface area contributed by atoms with Crippen LogP contribution >= 0.6 is 0 Å². The molecule has 1 atom stereocenters. The molecule has 32 heavy (non-hydrogen) atoms. The number of carbonyl (C=O) groups excluding carboxylic acids is 2. The number of carbonyl (C=O) groups is 2. The maximum Gasteiger partial charge on any atom is 0.410 e. The first-order valence-corrected chi connectivity index (χ1v) is 10.6. The Bertz CT molecular complexity index is 1060. The van der Waals surface area contributed by atoms with Gasteiger partial charge in [0.1, 0.15) is 11.4 Å². The number of hydrogen-bond acceptors (Lipinski definition) is 5. The molecular formula is C24H27FN4O3. The van der Waals surface area contributed by atoms with E-state index in [1.807, 2.05) is 45.0 Å². The Morgan fingerprint density at radius 2 is 1.91 bits per heavy atom. The third kappa shape index (κ3) is 5.01. The average Bonchev–Trinajstić information content (AvgIpc) is 3.30. The molecular weight excluding hydrogens is 411 g/mol. The molecule has 1 fully saturated rings. The van der Waals surface area contributed by atoms with Crippen LogP contribution < -0.4 is 16.0 Å². The van der Waals surface area contributed by atoms with Gasteiger partial charge in [0.05, 0.1) is 11.3 Å². The highest BCUT2D eigenvalue weighted by atomic mass is 19.1. The summed E-state index contributed by atoms with van der Waals surface area (Å²) >= 11 is 0. The van der Waals surface area contributed by atoms with Crippen molar-refractivity contribution in [3.05, 3.63) is 60.0 Å². The lowest BCUT2D eigenvalue weighted by atomic mass is 10.1. The van der Waals surface area contributed by atoms with E-state index in [9.17, 15) is 14.0 Å². The SMILES string of the molecule is CC(C)(C)OC(=O)N1CCC(Nc2ccc(N/C=C3\C(=O)Nc4cc(F)ccc43)cc2)C1. The number of hydrogen-bond donors (Lipinski definition) is 3. The summed E-state index contributed by atoms with van der Waals surface area (Å²) in [4.78, 5) is 26.1. The van der Waals surface area contributed by atoms with E-state index in [4.69, 9.17) is 4.74 Å². The van der Waals surface area contributed by atoms with E-state index in [1.165, 1.54) is 12.1 Å². The summed E-state index contributed by atoms with van der Waals surface area (Å²) in [6.07, 6.45) is 2.19. The van der Waals surface area contributed by atoms with Crippen molar-refractivity contribution in [2.45, 2.75) is 38.8 Å². The summed E-state index contributed by atoms with van der Waals surface area (Å²) in [6.45, 7) is 6.84. The second kappa shape index (κ2) is 8.53. The predicted octanol–water partition coefficient (Wildman–Crippen LogP) is 4.65. The number of nitrogens with one attached hydrogen (secondary N) is 3. The van der Waals surface area contributed by atoms with Gasteiger partial charge in [0.25, 0.3) is 5.91 Å². The molecule has 2 aliphatic rings. The molecule has 2 aromatic rings. The number of benzene rings is 2. The summed E-state index contributed by atoms with van der Waals surface area (Å²) in [6, 6.07) is 12.1. The molecule has 1 unspecified atom stereocenters. The van der Waals surface area contributed by atoms with Gasteiger partial charge in [0, 0.05) is 42.3 Å². The van der Waals surface area contributed by atoms with Crippen LogP contribution in [-0.2, 0) is 9.53 Å². The Balaban J connectivity index is 1.33. The molecule has 4 rings (SSSR count). The topological polar surface area (TPSA) is 82.7 Å². The second-order valence-electron chi connectivity index (χ2n) is 8.98. The van der Waals surface area contributed by atoms with E-state index in [1.54, 1.807) is 17.2 Å². The Morgan fingerprint density at radius 3 is 2.62 bits per heavy atom. The maximum atomic E-state index is 13.4. The maximum absolute atomic E-state index is 13.4. The van der Waals surface area contributed by atoms with Crippen LogP contribution in [0.4, 0.5) is 26.2 Å². The molecule has 0 bridgehead atoms. The van der Waals surface area contributed by atoms with Crippen molar-refractivity contribution < 1.29 is 18.7 Å². The van der Waals surface area contributed by atoms with Crippen LogP contribution in [0.3, 0.4) is 0 Å². The van der Waals surface area contributed by atoms with Gasteiger partial charge in [0.15, 0.2) is 0 Å². The number of anilines is 3. The molecule has 0 spiro atoms. The molecule has 2 heterocycles. The van der Waals surface area contributed by atoms with Gasteiger partial charge in [-0.2, -0.15) is 0 Å². The van der Waals surface area contributed by atoms with Crippen molar-refractivity contribution in [3.8, 4) is 0 Å². The summed E-state index contributed by atoms with van der Waals surface area (Å²) < 4.78 is 18.8. The lowest BCUT2D eigenvalue weighted by molar-refractivity contribution is -0.110. The van der Waals surface area contributed by atoms with Gasteiger partial charge in [-0.3, -0.25) is 4.79 Å². The Hall–Kier alpha value is -3.55. The minimum Gasteiger partial charge on any atom is -0.444 e. The van der Waals surface area contributed by atoms with E-state index < -0.39 is 11.4 Å². The fourth-order valence-electron chi connectivity index (χ4n) is 3.73. The van der Waals surface area contributed by atoms with Gasteiger partial charge in [-0.1, -0.05) is 0 Å². The summed E-state index contributed by atoms with van der Waals surface area (Å²) in [7, 11) is 0. The van der Waals surface area contributed by atoms with Crippen molar-refractivity contribution >= 4 is 34.6 Å². The smallest absolute Gasteiger partial charge is 0.410 e. The number of likely N-dealkylation sites (tertiary alicyclic amines) is 1. The van der Waals surface area contributed by atoms with Crippen LogP contribution in [0.5, 0.6) is 0 Å². The highest BCUT2D eigenvalue weighted by molar-refractivity contribution is 6.31. The third-order valence-corrected chi connectivity index (χ3v) is 5.24. The average molecular weight is 439 g/mol. The number of nitrogens with zero attached hydrogens (tertiary/aromatic N) is 1. The van der Waals surface area contributed by atoms with E-state index in [2.05, 4.69) is 16.0 Å². The lowest BCUT2D eigenvalue weighted by Crippen LogP contribution is -2.36. The number of ether oxygens (including phenoxy) is 1. The molecule has 7 nitrogen and oxygen atoms in total. The van der Waals surface area contributed by atoms with Crippen molar-refractivity contribution in [2.75, 3.05) is 29.0 Å². The van der Waals surface area contributed by atoms with Gasteiger partial charge >= 0.3 is 6.09 Å². The van der Waals surface area contributed by atoms with E-state index in [-0.39, 0.29) is 18.0 Å². The van der Waals surface area contributed by atoms with Crippen LogP contribution in [-0.4, -0.2) is 41.6 Å². The largest absolute Gasteiger partial charge is 0.444 e. The fourth-order valence-corrected chi connectivity index (χ4v) is 3.73. The van der Waals surface area contributed by atoms with Gasteiger partial charge in [-0.25, -0.2) is 9.18 Å². The molecule has 8 heteroatoms. The first-order valence-electron chi connectivity index (χ1n) is 10.6. The minimum atomic E-state index is -0.502. The van der Waals surface area contributed by atoms with Gasteiger partial charge in [-0.05, 0) is 69.7 Å². The first-order chi connectivity index (χ1) is 15.2. The van der Waals surface area contributed by atoms with Gasteiger partial charge in [0.2, 0.25) is 0 Å². The highest BCUT2D eigenvalue weighted by Gasteiger charge is 2.29. The molecule has 3 N–H and O–H groups in total. The van der Waals surface area contributed by atoms with Crippen molar-refractivity contribution in [1.29, 1.82) is 0 Å². The van der Waals surface area contributed by atoms with Crippen LogP contribution in [0.1, 0.15) is 32.8 Å². The quantitative estimate of drug-likeness (QED) is 0.605. The van der Waals surface area contributed by atoms with Gasteiger partial charge < -0.3 is 25.6 Å². The Labute approximate surface area is 186 Å². The first kappa shape index (κ1) is 21.7. The predicted molar refractivity (Wildman–Crippen MR) is 123 cm³/mol. The van der Waals surface area contributed by atoms with Crippen LogP contribution in [0.15, 0.2) is 48.7 Å².